The molecule has 0 atom stereocenters. The number of hydrogen-bond donors (Lipinski definition) is 0. The highest BCUT2D eigenvalue weighted by atomic mass is 79.9. The Bertz CT molecular complexity index is 283. The van der Waals surface area contributed by atoms with Crippen molar-refractivity contribution in [3.63, 3.8) is 0 Å². The molecule has 0 radical (unpaired) electrons. The van der Waals surface area contributed by atoms with Crippen LogP contribution in [0.1, 0.15) is 5.56 Å². The van der Waals surface area contributed by atoms with Crippen molar-refractivity contribution in [2.24, 2.45) is 0 Å². The van der Waals surface area contributed by atoms with Crippen LogP contribution in [0.15, 0.2) is 22.7 Å². The molecular weight excluding hydrogens is 225 g/mol. The maximum Gasteiger partial charge on any atom is 0.242 e. The lowest BCUT2D eigenvalue weighted by Crippen LogP contribution is -1.82. The molecule has 0 aliphatic rings. The second-order valence-electron chi connectivity index (χ2n) is 2.02. The van der Waals surface area contributed by atoms with E-state index in [0.717, 1.165) is 10.0 Å². The molecule has 56 valence electrons. The van der Waals surface area contributed by atoms with E-state index in [-0.39, 0.29) is 0 Å². The quantitative estimate of drug-likeness (QED) is 0.650. The summed E-state index contributed by atoms with van der Waals surface area (Å²) in [6.07, 6.45) is 0. The maximum absolute atomic E-state index is 6.68. The molecule has 3 heteroatoms. The third-order valence-electron chi connectivity index (χ3n) is 1.30. The number of nitrogens with zero attached hydrogens (tertiary/aromatic N) is 1. The van der Waals surface area contributed by atoms with Gasteiger partial charge in [-0.2, -0.15) is 0 Å². The summed E-state index contributed by atoms with van der Waals surface area (Å²) in [5, 5.41) is 0.648. The van der Waals surface area contributed by atoms with Crippen molar-refractivity contribution in [2.45, 2.75) is 6.54 Å². The van der Waals surface area contributed by atoms with E-state index in [9.17, 15) is 0 Å². The molecular formula is C8H5BrClN. The standard InChI is InChI=1S/C8H5BrClN/c1-11-5-6-7(9)3-2-4-8(6)10/h2-4H,5H2. The Morgan fingerprint density at radius 1 is 1.55 bits per heavy atom. The van der Waals surface area contributed by atoms with Gasteiger partial charge in [-0.25, -0.2) is 6.57 Å². The van der Waals surface area contributed by atoms with E-state index in [1.54, 1.807) is 6.07 Å². The van der Waals surface area contributed by atoms with Crippen molar-refractivity contribution >= 4 is 27.5 Å². The molecule has 0 aliphatic carbocycles. The third-order valence-corrected chi connectivity index (χ3v) is 2.40. The average Bonchev–Trinajstić information content (AvgIpc) is 1.97. The van der Waals surface area contributed by atoms with Crippen LogP contribution < -0.4 is 0 Å². The van der Waals surface area contributed by atoms with Crippen LogP contribution >= 0.6 is 27.5 Å². The van der Waals surface area contributed by atoms with Gasteiger partial charge in [0, 0.05) is 4.47 Å². The number of hydrogen-bond acceptors (Lipinski definition) is 0. The predicted octanol–water partition coefficient (Wildman–Crippen LogP) is 3.52. The molecule has 0 bridgehead atoms. The predicted molar refractivity (Wildman–Crippen MR) is 49.5 cm³/mol. The highest BCUT2D eigenvalue weighted by Crippen LogP contribution is 2.25. The van der Waals surface area contributed by atoms with Crippen LogP contribution in [0.2, 0.25) is 5.02 Å². The zero-order valence-electron chi connectivity index (χ0n) is 5.64. The van der Waals surface area contributed by atoms with Crippen molar-refractivity contribution < 1.29 is 0 Å². The van der Waals surface area contributed by atoms with Crippen molar-refractivity contribution in [3.8, 4) is 0 Å². The fraction of sp³-hybridized carbons (Fsp3) is 0.125. The molecule has 0 fully saturated rings. The molecule has 1 aromatic carbocycles. The summed E-state index contributed by atoms with van der Waals surface area (Å²) in [7, 11) is 0. The summed E-state index contributed by atoms with van der Waals surface area (Å²) in [6, 6.07) is 5.51. The highest BCUT2D eigenvalue weighted by molar-refractivity contribution is 9.10. The molecule has 0 spiro atoms. The van der Waals surface area contributed by atoms with Crippen LogP contribution in [-0.4, -0.2) is 0 Å². The van der Waals surface area contributed by atoms with Gasteiger partial charge in [-0.15, -0.1) is 0 Å². The lowest BCUT2D eigenvalue weighted by atomic mass is 10.2. The monoisotopic (exact) mass is 229 g/mol. The molecule has 0 aliphatic heterocycles. The van der Waals surface area contributed by atoms with Gasteiger partial charge in [0.25, 0.3) is 0 Å². The van der Waals surface area contributed by atoms with E-state index in [4.69, 9.17) is 18.2 Å². The Hall–Kier alpha value is -0.520. The Morgan fingerprint density at radius 3 is 2.82 bits per heavy atom. The van der Waals surface area contributed by atoms with Crippen LogP contribution in [0.4, 0.5) is 0 Å². The van der Waals surface area contributed by atoms with Gasteiger partial charge >= 0.3 is 0 Å². The zero-order valence-corrected chi connectivity index (χ0v) is 7.98. The van der Waals surface area contributed by atoms with E-state index >= 15 is 0 Å². The van der Waals surface area contributed by atoms with Crippen molar-refractivity contribution in [2.75, 3.05) is 0 Å². The minimum atomic E-state index is 0.334. The second-order valence-corrected chi connectivity index (χ2v) is 3.28. The molecule has 0 amide bonds. The molecule has 0 saturated carbocycles. The molecule has 11 heavy (non-hydrogen) atoms. The first-order valence-electron chi connectivity index (χ1n) is 3.02. The molecule has 1 aromatic rings. The molecule has 0 aromatic heterocycles. The lowest BCUT2D eigenvalue weighted by molar-refractivity contribution is 1.25. The Morgan fingerprint density at radius 2 is 2.27 bits per heavy atom. The van der Waals surface area contributed by atoms with E-state index in [0.29, 0.717) is 11.6 Å². The molecule has 1 nitrogen and oxygen atoms in total. The molecule has 0 N–H and O–H groups in total. The first-order valence-corrected chi connectivity index (χ1v) is 4.19. The van der Waals surface area contributed by atoms with Gasteiger partial charge < -0.3 is 4.85 Å². The van der Waals surface area contributed by atoms with Gasteiger partial charge in [-0.1, -0.05) is 33.6 Å². The molecule has 0 saturated heterocycles. The summed E-state index contributed by atoms with van der Waals surface area (Å²) in [5.74, 6) is 0. The molecule has 1 rings (SSSR count). The van der Waals surface area contributed by atoms with Crippen molar-refractivity contribution in [1.29, 1.82) is 0 Å². The number of benzene rings is 1. The summed E-state index contributed by atoms with van der Waals surface area (Å²) in [5.41, 5.74) is 0.865. The summed E-state index contributed by atoms with van der Waals surface area (Å²) < 4.78 is 0.904. The first kappa shape index (κ1) is 8.58. The van der Waals surface area contributed by atoms with Crippen molar-refractivity contribution in [3.05, 3.63) is 44.7 Å². The van der Waals surface area contributed by atoms with Crippen molar-refractivity contribution in [1.82, 2.24) is 0 Å². The maximum atomic E-state index is 6.68. The number of halogens is 2. The fourth-order valence-electron chi connectivity index (χ4n) is 0.762. The minimum absolute atomic E-state index is 0.334. The third kappa shape index (κ3) is 1.95. The summed E-state index contributed by atoms with van der Waals surface area (Å²) in [4.78, 5) is 3.26. The van der Waals surface area contributed by atoms with E-state index < -0.39 is 0 Å². The first-order chi connectivity index (χ1) is 5.25. The average molecular weight is 230 g/mol. The van der Waals surface area contributed by atoms with Crippen LogP contribution in [0.5, 0.6) is 0 Å². The van der Waals surface area contributed by atoms with Gasteiger partial charge in [0.2, 0.25) is 6.54 Å². The topological polar surface area (TPSA) is 4.36 Å². The SMILES string of the molecule is [C-]#[N+]Cc1c(Cl)cccc1Br. The summed E-state index contributed by atoms with van der Waals surface area (Å²) in [6.45, 7) is 7.01. The minimum Gasteiger partial charge on any atom is -0.312 e. The molecule has 0 unspecified atom stereocenters. The van der Waals surface area contributed by atoms with E-state index in [1.165, 1.54) is 0 Å². The normalized spacial score (nSPS) is 9.18. The van der Waals surface area contributed by atoms with Gasteiger partial charge in [0.05, 0.1) is 10.6 Å². The lowest BCUT2D eigenvalue weighted by Gasteiger charge is -1.98. The smallest absolute Gasteiger partial charge is 0.242 e. The zero-order chi connectivity index (χ0) is 8.27. The van der Waals surface area contributed by atoms with Crippen LogP contribution in [0, 0.1) is 6.57 Å². The van der Waals surface area contributed by atoms with Crippen LogP contribution in [0.25, 0.3) is 4.85 Å². The van der Waals surface area contributed by atoms with Gasteiger partial charge in [-0.05, 0) is 12.1 Å². The molecule has 0 heterocycles. The Balaban J connectivity index is 3.12. The van der Waals surface area contributed by atoms with E-state index in [2.05, 4.69) is 20.8 Å². The van der Waals surface area contributed by atoms with E-state index in [1.807, 2.05) is 12.1 Å². The van der Waals surface area contributed by atoms with Gasteiger partial charge in [-0.3, -0.25) is 0 Å². The highest BCUT2D eigenvalue weighted by Gasteiger charge is 2.05. The second kappa shape index (κ2) is 3.75. The summed E-state index contributed by atoms with van der Waals surface area (Å²) >= 11 is 9.16. The Kier molecular flexibility index (Phi) is 2.92. The van der Waals surface area contributed by atoms with Crippen LogP contribution in [-0.2, 0) is 6.54 Å². The largest absolute Gasteiger partial charge is 0.312 e. The fourth-order valence-corrected chi connectivity index (χ4v) is 1.60. The van der Waals surface area contributed by atoms with Gasteiger partial charge in [0.1, 0.15) is 0 Å². The number of rotatable bonds is 1. The Labute approximate surface area is 78.9 Å². The van der Waals surface area contributed by atoms with Crippen LogP contribution in [0.3, 0.4) is 0 Å². The van der Waals surface area contributed by atoms with Gasteiger partial charge in [0.15, 0.2) is 0 Å².